The van der Waals surface area contributed by atoms with Gasteiger partial charge in [0.25, 0.3) is 0 Å². The van der Waals surface area contributed by atoms with E-state index in [-0.39, 0.29) is 0 Å². The number of rotatable bonds is 4. The van der Waals surface area contributed by atoms with Gasteiger partial charge in [-0.05, 0) is 42.0 Å². The normalized spacial score (nSPS) is 22.0. The Morgan fingerprint density at radius 2 is 1.52 bits per heavy atom. The van der Waals surface area contributed by atoms with Gasteiger partial charge in [-0.15, -0.1) is 0 Å². The molecule has 0 radical (unpaired) electrons. The quantitative estimate of drug-likeness (QED) is 0.753. The van der Waals surface area contributed by atoms with Crippen molar-refractivity contribution in [2.75, 3.05) is 5.32 Å². The van der Waals surface area contributed by atoms with Crippen molar-refractivity contribution < 1.29 is 0 Å². The minimum Gasteiger partial charge on any atom is -0.382 e. The standard InChI is InChI=1S/C20H25N/c1-2-16-8-6-7-11-20(16)21-19-14-12-18(13-15-19)17-9-4-3-5-10-17/h3-5,9-10,12-16,20-21H,2,6-8,11H2,1H3. The Kier molecular flexibility index (Phi) is 4.59. The number of benzene rings is 2. The molecule has 0 spiro atoms. The highest BCUT2D eigenvalue weighted by molar-refractivity contribution is 5.65. The van der Waals surface area contributed by atoms with Crippen LogP contribution in [0, 0.1) is 5.92 Å². The van der Waals surface area contributed by atoms with E-state index in [9.17, 15) is 0 Å². The highest BCUT2D eigenvalue weighted by Gasteiger charge is 2.23. The van der Waals surface area contributed by atoms with Gasteiger partial charge in [-0.2, -0.15) is 0 Å². The zero-order valence-corrected chi connectivity index (χ0v) is 12.9. The molecule has 1 aliphatic rings. The molecule has 3 rings (SSSR count). The number of nitrogens with one attached hydrogen (secondary N) is 1. The molecular weight excluding hydrogens is 254 g/mol. The van der Waals surface area contributed by atoms with Crippen molar-refractivity contribution in [2.24, 2.45) is 5.92 Å². The SMILES string of the molecule is CCC1CCCCC1Nc1ccc(-c2ccccc2)cc1. The van der Waals surface area contributed by atoms with Crippen molar-refractivity contribution >= 4 is 5.69 Å². The molecule has 1 N–H and O–H groups in total. The van der Waals surface area contributed by atoms with Crippen LogP contribution < -0.4 is 5.32 Å². The Morgan fingerprint density at radius 1 is 0.857 bits per heavy atom. The van der Waals surface area contributed by atoms with Crippen LogP contribution >= 0.6 is 0 Å². The van der Waals surface area contributed by atoms with E-state index in [1.54, 1.807) is 0 Å². The second-order valence-corrected chi connectivity index (χ2v) is 6.15. The Labute approximate surface area is 128 Å². The van der Waals surface area contributed by atoms with Gasteiger partial charge >= 0.3 is 0 Å². The van der Waals surface area contributed by atoms with Crippen LogP contribution in [-0.4, -0.2) is 6.04 Å². The van der Waals surface area contributed by atoms with E-state index in [2.05, 4.69) is 66.8 Å². The summed E-state index contributed by atoms with van der Waals surface area (Å²) in [6.45, 7) is 2.32. The lowest BCUT2D eigenvalue weighted by molar-refractivity contribution is 0.317. The molecule has 110 valence electrons. The van der Waals surface area contributed by atoms with Crippen molar-refractivity contribution in [1.29, 1.82) is 0 Å². The molecule has 0 heterocycles. The largest absolute Gasteiger partial charge is 0.382 e. The van der Waals surface area contributed by atoms with Crippen molar-refractivity contribution in [3.8, 4) is 11.1 Å². The topological polar surface area (TPSA) is 12.0 Å². The summed E-state index contributed by atoms with van der Waals surface area (Å²) in [5, 5.41) is 3.76. The Morgan fingerprint density at radius 3 is 2.24 bits per heavy atom. The maximum atomic E-state index is 3.76. The molecule has 1 aliphatic carbocycles. The van der Waals surface area contributed by atoms with E-state index >= 15 is 0 Å². The summed E-state index contributed by atoms with van der Waals surface area (Å²) in [6.07, 6.45) is 6.77. The zero-order chi connectivity index (χ0) is 14.5. The molecule has 0 bridgehead atoms. The molecule has 1 fully saturated rings. The Hall–Kier alpha value is -1.76. The fraction of sp³-hybridized carbons (Fsp3) is 0.400. The van der Waals surface area contributed by atoms with Crippen LogP contribution in [-0.2, 0) is 0 Å². The lowest BCUT2D eigenvalue weighted by atomic mass is 9.83. The van der Waals surface area contributed by atoms with Gasteiger partial charge in [0.15, 0.2) is 0 Å². The average molecular weight is 279 g/mol. The first kappa shape index (κ1) is 14.2. The third-order valence-electron chi connectivity index (χ3n) is 4.78. The first-order valence-corrected chi connectivity index (χ1v) is 8.29. The summed E-state index contributed by atoms with van der Waals surface area (Å²) >= 11 is 0. The molecule has 1 heteroatoms. The van der Waals surface area contributed by atoms with Gasteiger partial charge < -0.3 is 5.32 Å². The molecule has 2 unspecified atom stereocenters. The minimum atomic E-state index is 0.659. The highest BCUT2D eigenvalue weighted by Crippen LogP contribution is 2.30. The van der Waals surface area contributed by atoms with E-state index in [1.807, 2.05) is 0 Å². The first-order valence-electron chi connectivity index (χ1n) is 8.29. The van der Waals surface area contributed by atoms with Crippen molar-refractivity contribution in [1.82, 2.24) is 0 Å². The summed E-state index contributed by atoms with van der Waals surface area (Å²) in [6, 6.07) is 20.1. The number of hydrogen-bond acceptors (Lipinski definition) is 1. The monoisotopic (exact) mass is 279 g/mol. The van der Waals surface area contributed by atoms with E-state index in [1.165, 1.54) is 48.9 Å². The minimum absolute atomic E-state index is 0.659. The molecule has 1 nitrogen and oxygen atoms in total. The van der Waals surface area contributed by atoms with Gasteiger partial charge in [0.05, 0.1) is 0 Å². The van der Waals surface area contributed by atoms with Crippen LogP contribution in [0.2, 0.25) is 0 Å². The van der Waals surface area contributed by atoms with Crippen LogP contribution in [0.15, 0.2) is 54.6 Å². The lowest BCUT2D eigenvalue weighted by Gasteiger charge is -2.32. The van der Waals surface area contributed by atoms with Crippen LogP contribution in [0.3, 0.4) is 0 Å². The summed E-state index contributed by atoms with van der Waals surface area (Å²) in [5.74, 6) is 0.840. The number of anilines is 1. The fourth-order valence-corrected chi connectivity index (χ4v) is 3.49. The highest BCUT2D eigenvalue weighted by atomic mass is 14.9. The van der Waals surface area contributed by atoms with Crippen molar-refractivity contribution in [3.05, 3.63) is 54.6 Å². The maximum Gasteiger partial charge on any atom is 0.0342 e. The van der Waals surface area contributed by atoms with Crippen molar-refractivity contribution in [2.45, 2.75) is 45.1 Å². The Bertz CT molecular complexity index is 544. The molecule has 2 aromatic carbocycles. The summed E-state index contributed by atoms with van der Waals surface area (Å²) < 4.78 is 0. The number of hydrogen-bond donors (Lipinski definition) is 1. The van der Waals surface area contributed by atoms with Gasteiger partial charge in [-0.3, -0.25) is 0 Å². The van der Waals surface area contributed by atoms with Crippen molar-refractivity contribution in [3.63, 3.8) is 0 Å². The van der Waals surface area contributed by atoms with Crippen LogP contribution in [0.5, 0.6) is 0 Å². The van der Waals surface area contributed by atoms with Crippen LogP contribution in [0.4, 0.5) is 5.69 Å². The molecule has 21 heavy (non-hydrogen) atoms. The lowest BCUT2D eigenvalue weighted by Crippen LogP contribution is -2.31. The van der Waals surface area contributed by atoms with E-state index in [0.29, 0.717) is 6.04 Å². The first-order chi connectivity index (χ1) is 10.4. The van der Waals surface area contributed by atoms with Gasteiger partial charge in [0, 0.05) is 11.7 Å². The molecular formula is C20H25N. The summed E-state index contributed by atoms with van der Waals surface area (Å²) in [4.78, 5) is 0. The maximum absolute atomic E-state index is 3.76. The van der Waals surface area contributed by atoms with E-state index in [4.69, 9.17) is 0 Å². The predicted molar refractivity (Wildman–Crippen MR) is 91.5 cm³/mol. The van der Waals surface area contributed by atoms with Crippen LogP contribution in [0.1, 0.15) is 39.0 Å². The molecule has 0 aliphatic heterocycles. The third kappa shape index (κ3) is 3.47. The van der Waals surface area contributed by atoms with Gasteiger partial charge in [-0.25, -0.2) is 0 Å². The molecule has 0 aromatic heterocycles. The molecule has 2 atom stereocenters. The predicted octanol–water partition coefficient (Wildman–Crippen LogP) is 5.73. The molecule has 1 saturated carbocycles. The Balaban J connectivity index is 1.69. The second-order valence-electron chi connectivity index (χ2n) is 6.15. The zero-order valence-electron chi connectivity index (χ0n) is 12.9. The molecule has 0 amide bonds. The molecule has 2 aromatic rings. The van der Waals surface area contributed by atoms with Gasteiger partial charge in [0.2, 0.25) is 0 Å². The second kappa shape index (κ2) is 6.80. The summed E-state index contributed by atoms with van der Waals surface area (Å²) in [5.41, 5.74) is 3.84. The van der Waals surface area contributed by atoms with Gasteiger partial charge in [0.1, 0.15) is 0 Å². The van der Waals surface area contributed by atoms with E-state index in [0.717, 1.165) is 5.92 Å². The smallest absolute Gasteiger partial charge is 0.0342 e. The molecule has 0 saturated heterocycles. The summed E-state index contributed by atoms with van der Waals surface area (Å²) in [7, 11) is 0. The van der Waals surface area contributed by atoms with E-state index < -0.39 is 0 Å². The average Bonchev–Trinajstić information content (AvgIpc) is 2.57. The van der Waals surface area contributed by atoms with Crippen LogP contribution in [0.25, 0.3) is 11.1 Å². The van der Waals surface area contributed by atoms with Gasteiger partial charge in [-0.1, -0.05) is 68.7 Å². The fourth-order valence-electron chi connectivity index (χ4n) is 3.49. The third-order valence-corrected chi connectivity index (χ3v) is 4.78.